The van der Waals surface area contributed by atoms with E-state index in [2.05, 4.69) is 17.5 Å². The maximum absolute atomic E-state index is 12.3. The molecule has 5 heteroatoms. The number of benzene rings is 2. The summed E-state index contributed by atoms with van der Waals surface area (Å²) < 4.78 is 9.80. The number of hydrogen-bond donors (Lipinski definition) is 1. The molecule has 0 fully saturated rings. The Bertz CT molecular complexity index is 961. The fraction of sp³-hybridized carbons (Fsp3) is 0.304. The number of aryl methyl sites for hydroxylation is 1. The first kappa shape index (κ1) is 18.3. The third kappa shape index (κ3) is 2.87. The molecule has 0 unspecified atom stereocenters. The Balaban J connectivity index is 1.77. The molecule has 0 aromatic heterocycles. The highest BCUT2D eigenvalue weighted by Gasteiger charge is 2.40. The third-order valence-corrected chi connectivity index (χ3v) is 5.82. The van der Waals surface area contributed by atoms with Crippen LogP contribution in [0.15, 0.2) is 48.6 Å². The van der Waals surface area contributed by atoms with E-state index >= 15 is 0 Å². The van der Waals surface area contributed by atoms with Crippen LogP contribution in [0.2, 0.25) is 0 Å². The van der Waals surface area contributed by atoms with Crippen LogP contribution in [-0.2, 0) is 9.47 Å². The van der Waals surface area contributed by atoms with Gasteiger partial charge in [0.15, 0.2) is 0 Å². The van der Waals surface area contributed by atoms with Crippen LogP contribution in [0.25, 0.3) is 0 Å². The fourth-order valence-corrected chi connectivity index (χ4v) is 4.42. The molecule has 0 saturated carbocycles. The van der Waals surface area contributed by atoms with E-state index in [0.29, 0.717) is 17.0 Å². The van der Waals surface area contributed by atoms with E-state index in [4.69, 9.17) is 9.47 Å². The second-order valence-electron chi connectivity index (χ2n) is 7.30. The number of ether oxygens (including phenoxy) is 2. The monoisotopic (exact) mass is 377 g/mol. The lowest BCUT2D eigenvalue weighted by Gasteiger charge is -2.39. The Hall–Kier alpha value is -3.08. The molecule has 1 heterocycles. The van der Waals surface area contributed by atoms with Gasteiger partial charge < -0.3 is 14.8 Å². The van der Waals surface area contributed by atoms with Gasteiger partial charge in [0.1, 0.15) is 0 Å². The molecule has 3 atom stereocenters. The molecule has 1 N–H and O–H groups in total. The summed E-state index contributed by atoms with van der Waals surface area (Å²) in [5.41, 5.74) is 5.38. The van der Waals surface area contributed by atoms with E-state index in [-0.39, 0.29) is 23.9 Å². The van der Waals surface area contributed by atoms with Crippen molar-refractivity contribution in [2.45, 2.75) is 25.3 Å². The van der Waals surface area contributed by atoms with Gasteiger partial charge in [-0.05, 0) is 54.2 Å². The molecular formula is C23H23NO4. The summed E-state index contributed by atoms with van der Waals surface area (Å²) in [7, 11) is 2.80. The minimum atomic E-state index is -0.340. The number of carbonyl (C=O) groups is 2. The highest BCUT2D eigenvalue weighted by Crippen LogP contribution is 2.51. The zero-order valence-corrected chi connectivity index (χ0v) is 16.2. The molecule has 0 spiro atoms. The number of rotatable bonds is 3. The Morgan fingerprint density at radius 2 is 1.71 bits per heavy atom. The van der Waals surface area contributed by atoms with Crippen molar-refractivity contribution in [3.05, 3.63) is 76.4 Å². The third-order valence-electron chi connectivity index (χ3n) is 5.82. The van der Waals surface area contributed by atoms with Crippen LogP contribution in [0.5, 0.6) is 0 Å². The Labute approximate surface area is 164 Å². The minimum Gasteiger partial charge on any atom is -0.465 e. The second kappa shape index (κ2) is 7.15. The van der Waals surface area contributed by atoms with Gasteiger partial charge in [-0.1, -0.05) is 30.4 Å². The first-order valence-corrected chi connectivity index (χ1v) is 9.38. The number of esters is 2. The van der Waals surface area contributed by atoms with Gasteiger partial charge in [-0.3, -0.25) is 0 Å². The van der Waals surface area contributed by atoms with E-state index in [1.165, 1.54) is 14.2 Å². The summed E-state index contributed by atoms with van der Waals surface area (Å²) in [5, 5.41) is 3.67. The number of methoxy groups -OCH3 is 2. The molecule has 28 heavy (non-hydrogen) atoms. The summed E-state index contributed by atoms with van der Waals surface area (Å²) in [6.45, 7) is 2.04. The van der Waals surface area contributed by atoms with E-state index in [1.54, 1.807) is 12.1 Å². The highest BCUT2D eigenvalue weighted by atomic mass is 16.5. The van der Waals surface area contributed by atoms with E-state index < -0.39 is 0 Å². The number of anilines is 1. The smallest absolute Gasteiger partial charge is 0.338 e. The largest absolute Gasteiger partial charge is 0.465 e. The molecule has 0 radical (unpaired) electrons. The lowest BCUT2D eigenvalue weighted by Crippen LogP contribution is -2.31. The van der Waals surface area contributed by atoms with Crippen LogP contribution in [0.3, 0.4) is 0 Å². The highest BCUT2D eigenvalue weighted by molar-refractivity contribution is 5.94. The van der Waals surface area contributed by atoms with Crippen LogP contribution in [0.4, 0.5) is 5.69 Å². The van der Waals surface area contributed by atoms with Crippen molar-refractivity contribution >= 4 is 17.6 Å². The van der Waals surface area contributed by atoms with Crippen LogP contribution in [0, 0.1) is 12.8 Å². The van der Waals surface area contributed by atoms with Gasteiger partial charge in [0.25, 0.3) is 0 Å². The first-order chi connectivity index (χ1) is 13.5. The standard InChI is InChI=1S/C23H23NO4/c1-13-7-12-18(23(26)28-3)19-16-5-4-6-17(16)21(24-20(13)19)14-8-10-15(11-9-14)22(25)27-2/h4-5,7-12,16-17,21,24H,6H2,1-3H3/t16-,17-,21+/m1/s1. The maximum Gasteiger partial charge on any atom is 0.338 e. The van der Waals surface area contributed by atoms with Crippen LogP contribution < -0.4 is 5.32 Å². The summed E-state index contributed by atoms with van der Waals surface area (Å²) in [5.74, 6) is -0.206. The van der Waals surface area contributed by atoms with Gasteiger partial charge in [-0.2, -0.15) is 0 Å². The van der Waals surface area contributed by atoms with Gasteiger partial charge in [0.05, 0.1) is 31.4 Å². The van der Waals surface area contributed by atoms with Crippen LogP contribution in [0.1, 0.15) is 55.8 Å². The number of hydrogen-bond acceptors (Lipinski definition) is 5. The predicted molar refractivity (Wildman–Crippen MR) is 107 cm³/mol. The molecule has 5 nitrogen and oxygen atoms in total. The molecule has 2 aromatic rings. The minimum absolute atomic E-state index is 0.0887. The summed E-state index contributed by atoms with van der Waals surface area (Å²) in [6, 6.07) is 11.4. The van der Waals surface area contributed by atoms with E-state index in [0.717, 1.165) is 28.8 Å². The van der Waals surface area contributed by atoms with Crippen LogP contribution in [-0.4, -0.2) is 26.2 Å². The number of allylic oxidation sites excluding steroid dienone is 2. The van der Waals surface area contributed by atoms with Crippen molar-refractivity contribution in [2.24, 2.45) is 5.92 Å². The zero-order chi connectivity index (χ0) is 19.8. The molecule has 0 saturated heterocycles. The molecular weight excluding hydrogens is 354 g/mol. The lowest BCUT2D eigenvalue weighted by molar-refractivity contribution is 0.0591. The first-order valence-electron chi connectivity index (χ1n) is 9.38. The lowest BCUT2D eigenvalue weighted by atomic mass is 9.74. The number of fused-ring (bicyclic) bond motifs is 3. The quantitative estimate of drug-likeness (QED) is 0.635. The van der Waals surface area contributed by atoms with E-state index in [1.807, 2.05) is 31.2 Å². The van der Waals surface area contributed by atoms with Crippen molar-refractivity contribution in [1.82, 2.24) is 0 Å². The molecule has 2 aliphatic rings. The van der Waals surface area contributed by atoms with Gasteiger partial charge >= 0.3 is 11.9 Å². The topological polar surface area (TPSA) is 64.6 Å². The SMILES string of the molecule is COC(=O)c1ccc([C@@H]2Nc3c(C)ccc(C(=O)OC)c3[C@@H]3C=CC[C@H]32)cc1. The van der Waals surface area contributed by atoms with Crippen molar-refractivity contribution in [1.29, 1.82) is 0 Å². The van der Waals surface area contributed by atoms with Crippen molar-refractivity contribution in [3.8, 4) is 0 Å². The van der Waals surface area contributed by atoms with Gasteiger partial charge in [0.2, 0.25) is 0 Å². The number of carbonyl (C=O) groups excluding carboxylic acids is 2. The number of nitrogens with one attached hydrogen (secondary N) is 1. The van der Waals surface area contributed by atoms with Crippen molar-refractivity contribution in [3.63, 3.8) is 0 Å². The Kier molecular flexibility index (Phi) is 4.67. The summed E-state index contributed by atoms with van der Waals surface area (Å²) in [4.78, 5) is 24.1. The average molecular weight is 377 g/mol. The molecule has 144 valence electrons. The maximum atomic E-state index is 12.3. The van der Waals surface area contributed by atoms with Gasteiger partial charge in [-0.25, -0.2) is 9.59 Å². The summed E-state index contributed by atoms with van der Waals surface area (Å²) >= 11 is 0. The molecule has 0 amide bonds. The normalized spacial score (nSPS) is 22.0. The zero-order valence-electron chi connectivity index (χ0n) is 16.2. The predicted octanol–water partition coefficient (Wildman–Crippen LogP) is 4.39. The Morgan fingerprint density at radius 1 is 1.00 bits per heavy atom. The molecule has 2 aromatic carbocycles. The molecule has 1 aliphatic carbocycles. The van der Waals surface area contributed by atoms with Crippen molar-refractivity contribution in [2.75, 3.05) is 19.5 Å². The van der Waals surface area contributed by atoms with Crippen LogP contribution >= 0.6 is 0 Å². The average Bonchev–Trinajstić information content (AvgIpc) is 3.22. The van der Waals surface area contributed by atoms with E-state index in [9.17, 15) is 9.59 Å². The van der Waals surface area contributed by atoms with Gasteiger partial charge in [-0.15, -0.1) is 0 Å². The molecule has 4 rings (SSSR count). The van der Waals surface area contributed by atoms with Crippen molar-refractivity contribution < 1.29 is 19.1 Å². The second-order valence-corrected chi connectivity index (χ2v) is 7.30. The van der Waals surface area contributed by atoms with Gasteiger partial charge in [0, 0.05) is 11.6 Å². The summed E-state index contributed by atoms with van der Waals surface area (Å²) in [6.07, 6.45) is 5.31. The molecule has 0 bridgehead atoms. The fourth-order valence-electron chi connectivity index (χ4n) is 4.42. The Morgan fingerprint density at radius 3 is 2.39 bits per heavy atom. The molecule has 1 aliphatic heterocycles.